The third-order valence-electron chi connectivity index (χ3n) is 4.38. The summed E-state index contributed by atoms with van der Waals surface area (Å²) in [5.41, 5.74) is 2.16. The van der Waals surface area contributed by atoms with Gasteiger partial charge in [0, 0.05) is 17.9 Å². The van der Waals surface area contributed by atoms with Crippen LogP contribution in [0.1, 0.15) is 31.0 Å². The van der Waals surface area contributed by atoms with Crippen LogP contribution in [0.4, 0.5) is 0 Å². The Balaban J connectivity index is 0.00000145. The minimum atomic E-state index is -3.77. The Labute approximate surface area is 177 Å². The van der Waals surface area contributed by atoms with Crippen LogP contribution in [-0.4, -0.2) is 41.8 Å². The molecule has 2 aromatic carbocycles. The summed E-state index contributed by atoms with van der Waals surface area (Å²) >= 11 is 1.00. The first-order valence-electron chi connectivity index (χ1n) is 9.56. The van der Waals surface area contributed by atoms with Gasteiger partial charge >= 0.3 is 0 Å². The van der Waals surface area contributed by atoms with Crippen molar-refractivity contribution in [1.82, 2.24) is 4.31 Å². The fourth-order valence-corrected chi connectivity index (χ4v) is 5.21. The molecule has 0 fully saturated rings. The standard InChI is InChI=1S/C20H21NO4S2.C2H6/c1-15-7-9-17(10-8-15)27(24,25)21-12-11-18(20(23)26-14-13-22)19(21)16-5-3-2-4-6-16;1-2/h2-11,19,22H,12-14H2,1H3;1-2H3. The molecule has 0 radical (unpaired) electrons. The molecule has 1 N–H and O–H groups in total. The molecule has 0 amide bonds. The molecule has 1 heterocycles. The minimum Gasteiger partial charge on any atom is -0.396 e. The molecule has 1 atom stereocenters. The van der Waals surface area contributed by atoms with Gasteiger partial charge in [0.15, 0.2) is 0 Å². The molecule has 156 valence electrons. The van der Waals surface area contributed by atoms with E-state index in [-0.39, 0.29) is 28.9 Å². The largest absolute Gasteiger partial charge is 0.396 e. The van der Waals surface area contributed by atoms with Crippen molar-refractivity contribution >= 4 is 26.9 Å². The van der Waals surface area contributed by atoms with Crippen LogP contribution in [0.15, 0.2) is 71.1 Å². The van der Waals surface area contributed by atoms with Crippen molar-refractivity contribution in [2.24, 2.45) is 0 Å². The molecule has 0 saturated heterocycles. The van der Waals surface area contributed by atoms with E-state index in [1.54, 1.807) is 30.3 Å². The van der Waals surface area contributed by atoms with Crippen molar-refractivity contribution in [3.05, 3.63) is 77.4 Å². The predicted octanol–water partition coefficient (Wildman–Crippen LogP) is 3.95. The molecule has 0 bridgehead atoms. The SMILES string of the molecule is CC.Cc1ccc(S(=O)(=O)N2CC=C(C(=O)SCCO)C2c2ccccc2)cc1. The maximum absolute atomic E-state index is 13.2. The first kappa shape index (κ1) is 23.3. The summed E-state index contributed by atoms with van der Waals surface area (Å²) in [6.45, 7) is 5.93. The van der Waals surface area contributed by atoms with Crippen LogP contribution in [0.5, 0.6) is 0 Å². The lowest BCUT2D eigenvalue weighted by molar-refractivity contribution is -0.108. The highest BCUT2D eigenvalue weighted by atomic mass is 32.2. The molecule has 0 spiro atoms. The smallest absolute Gasteiger partial charge is 0.244 e. The number of hydrogen-bond acceptors (Lipinski definition) is 5. The summed E-state index contributed by atoms with van der Waals surface area (Å²) in [4.78, 5) is 12.8. The van der Waals surface area contributed by atoms with Gasteiger partial charge in [0.05, 0.1) is 17.5 Å². The highest BCUT2D eigenvalue weighted by Crippen LogP contribution is 2.39. The van der Waals surface area contributed by atoms with Crippen molar-refractivity contribution in [1.29, 1.82) is 0 Å². The van der Waals surface area contributed by atoms with Crippen molar-refractivity contribution in [3.8, 4) is 0 Å². The maximum Gasteiger partial charge on any atom is 0.244 e. The quantitative estimate of drug-likeness (QED) is 0.747. The topological polar surface area (TPSA) is 74.7 Å². The van der Waals surface area contributed by atoms with Gasteiger partial charge in [0.2, 0.25) is 15.1 Å². The molecule has 3 rings (SSSR count). The molecule has 0 aromatic heterocycles. The third-order valence-corrected chi connectivity index (χ3v) is 7.11. The number of carbonyl (C=O) groups is 1. The number of aliphatic hydroxyl groups is 1. The van der Waals surface area contributed by atoms with Gasteiger partial charge < -0.3 is 5.11 Å². The third kappa shape index (κ3) is 5.36. The average Bonchev–Trinajstić information content (AvgIpc) is 3.20. The Morgan fingerprint density at radius 3 is 2.31 bits per heavy atom. The molecule has 1 unspecified atom stereocenters. The van der Waals surface area contributed by atoms with Gasteiger partial charge in [-0.3, -0.25) is 4.79 Å². The Morgan fingerprint density at radius 2 is 1.72 bits per heavy atom. The monoisotopic (exact) mass is 433 g/mol. The number of carbonyl (C=O) groups excluding carboxylic acids is 1. The van der Waals surface area contributed by atoms with Gasteiger partial charge in [-0.25, -0.2) is 8.42 Å². The van der Waals surface area contributed by atoms with E-state index in [9.17, 15) is 13.2 Å². The Morgan fingerprint density at radius 1 is 1.10 bits per heavy atom. The van der Waals surface area contributed by atoms with Crippen LogP contribution < -0.4 is 0 Å². The summed E-state index contributed by atoms with van der Waals surface area (Å²) in [6.07, 6.45) is 1.68. The summed E-state index contributed by atoms with van der Waals surface area (Å²) < 4.78 is 27.9. The maximum atomic E-state index is 13.2. The Hall–Kier alpha value is -1.93. The number of thioether (sulfide) groups is 1. The lowest BCUT2D eigenvalue weighted by atomic mass is 10.0. The summed E-state index contributed by atoms with van der Waals surface area (Å²) in [7, 11) is -3.77. The van der Waals surface area contributed by atoms with Crippen LogP contribution in [0.3, 0.4) is 0 Å². The number of aliphatic hydroxyl groups excluding tert-OH is 1. The predicted molar refractivity (Wildman–Crippen MR) is 118 cm³/mol. The fourth-order valence-electron chi connectivity index (χ4n) is 3.04. The average molecular weight is 434 g/mol. The zero-order valence-electron chi connectivity index (χ0n) is 16.9. The van der Waals surface area contributed by atoms with Gasteiger partial charge in [-0.2, -0.15) is 4.31 Å². The summed E-state index contributed by atoms with van der Waals surface area (Å²) in [5, 5.41) is 8.79. The number of hydrogen-bond donors (Lipinski definition) is 1. The van der Waals surface area contributed by atoms with Crippen LogP contribution in [0, 0.1) is 6.92 Å². The van der Waals surface area contributed by atoms with Gasteiger partial charge in [0.1, 0.15) is 0 Å². The van der Waals surface area contributed by atoms with Crippen LogP contribution in [0.25, 0.3) is 0 Å². The van der Waals surface area contributed by atoms with Crippen molar-refractivity contribution in [3.63, 3.8) is 0 Å². The second kappa shape index (κ2) is 10.7. The zero-order chi connectivity index (χ0) is 21.4. The van der Waals surface area contributed by atoms with Crippen LogP contribution >= 0.6 is 11.8 Å². The molecule has 7 heteroatoms. The summed E-state index contributed by atoms with van der Waals surface area (Å²) in [6, 6.07) is 15.2. The molecule has 2 aromatic rings. The highest BCUT2D eigenvalue weighted by Gasteiger charge is 2.40. The van der Waals surface area contributed by atoms with Gasteiger partial charge in [-0.15, -0.1) is 0 Å². The van der Waals surface area contributed by atoms with Crippen LogP contribution in [0.2, 0.25) is 0 Å². The molecule has 0 saturated carbocycles. The first-order chi connectivity index (χ1) is 13.9. The van der Waals surface area contributed by atoms with E-state index >= 15 is 0 Å². The lowest BCUT2D eigenvalue weighted by Gasteiger charge is -2.26. The number of rotatable bonds is 6. The zero-order valence-corrected chi connectivity index (χ0v) is 18.5. The van der Waals surface area contributed by atoms with E-state index in [0.29, 0.717) is 5.57 Å². The molecule has 1 aliphatic rings. The van der Waals surface area contributed by atoms with E-state index in [4.69, 9.17) is 5.11 Å². The van der Waals surface area contributed by atoms with E-state index in [1.165, 1.54) is 4.31 Å². The Bertz CT molecular complexity index is 939. The molecular weight excluding hydrogens is 406 g/mol. The normalized spacial score (nSPS) is 16.7. The van der Waals surface area contributed by atoms with E-state index in [1.807, 2.05) is 51.1 Å². The van der Waals surface area contributed by atoms with Crippen molar-refractivity contribution < 1.29 is 18.3 Å². The van der Waals surface area contributed by atoms with E-state index < -0.39 is 16.1 Å². The molecular formula is C22H27NO4S2. The van der Waals surface area contributed by atoms with E-state index in [0.717, 1.165) is 22.9 Å². The lowest BCUT2D eigenvalue weighted by Crippen LogP contribution is -2.33. The summed E-state index contributed by atoms with van der Waals surface area (Å²) in [5.74, 6) is 0.280. The first-order valence-corrected chi connectivity index (χ1v) is 12.0. The van der Waals surface area contributed by atoms with Gasteiger partial charge in [0.25, 0.3) is 0 Å². The van der Waals surface area contributed by atoms with Crippen molar-refractivity contribution in [2.75, 3.05) is 18.9 Å². The van der Waals surface area contributed by atoms with Crippen LogP contribution in [-0.2, 0) is 14.8 Å². The highest BCUT2D eigenvalue weighted by molar-refractivity contribution is 8.14. The fraction of sp³-hybridized carbons (Fsp3) is 0.318. The molecule has 5 nitrogen and oxygen atoms in total. The second-order valence-corrected chi connectivity index (χ2v) is 9.18. The van der Waals surface area contributed by atoms with Gasteiger partial charge in [-0.1, -0.05) is 79.7 Å². The molecule has 29 heavy (non-hydrogen) atoms. The second-order valence-electron chi connectivity index (χ2n) is 6.22. The molecule has 0 aliphatic carbocycles. The number of benzene rings is 2. The Kier molecular flexibility index (Phi) is 8.64. The van der Waals surface area contributed by atoms with Crippen molar-refractivity contribution in [2.45, 2.75) is 31.7 Å². The number of sulfonamides is 1. The minimum absolute atomic E-state index is 0.106. The molecule has 1 aliphatic heterocycles. The number of nitrogens with zero attached hydrogens (tertiary/aromatic N) is 1. The number of aryl methyl sites for hydroxylation is 1. The van der Waals surface area contributed by atoms with Gasteiger partial charge in [-0.05, 0) is 24.6 Å². The van der Waals surface area contributed by atoms with E-state index in [2.05, 4.69) is 0 Å².